The van der Waals surface area contributed by atoms with Gasteiger partial charge in [-0.3, -0.25) is 24.2 Å². The zero-order valence-electron chi connectivity index (χ0n) is 18.3. The molecule has 7 nitrogen and oxygen atoms in total. The van der Waals surface area contributed by atoms with Crippen molar-refractivity contribution in [3.63, 3.8) is 0 Å². The number of hydrogen-bond acceptors (Lipinski definition) is 6. The highest BCUT2D eigenvalue weighted by Crippen LogP contribution is 2.31. The molecule has 3 aromatic rings. The lowest BCUT2D eigenvalue weighted by atomic mass is 10.1. The van der Waals surface area contributed by atoms with E-state index in [1.165, 1.54) is 17.4 Å². The van der Waals surface area contributed by atoms with Crippen LogP contribution in [0, 0.1) is 5.82 Å². The van der Waals surface area contributed by atoms with Gasteiger partial charge in [-0.1, -0.05) is 17.4 Å². The van der Waals surface area contributed by atoms with Crippen LogP contribution in [0.25, 0.3) is 10.2 Å². The molecule has 1 aromatic heterocycles. The highest BCUT2D eigenvalue weighted by atomic mass is 35.5. The summed E-state index contributed by atoms with van der Waals surface area (Å²) in [7, 11) is 3.91. The molecule has 0 aliphatic carbocycles. The molecular formula is C23H24ClFN4O3S. The Morgan fingerprint density at radius 3 is 2.33 bits per heavy atom. The zero-order valence-corrected chi connectivity index (χ0v) is 19.9. The maximum absolute atomic E-state index is 14.2. The summed E-state index contributed by atoms with van der Waals surface area (Å²) in [6.45, 7) is 1.20. The standard InChI is InChI=1S/C23H23FN4O3S.ClH/c1-26(2)13-4-14-27(23-25-21-17(24)5-3-6-18(21)32-23)22(31)15-7-9-16(10-8-15)28-19(29)11-12-20(28)30;/h3,5-10H,4,11-14H2,1-2H3;1H. The van der Waals surface area contributed by atoms with E-state index in [0.717, 1.165) is 11.4 Å². The maximum Gasteiger partial charge on any atom is 0.260 e. The van der Waals surface area contributed by atoms with Crippen molar-refractivity contribution in [2.75, 3.05) is 37.0 Å². The number of hydrogen-bond donors (Lipinski definition) is 0. The van der Waals surface area contributed by atoms with Gasteiger partial charge in [0.25, 0.3) is 5.91 Å². The molecule has 1 saturated heterocycles. The van der Waals surface area contributed by atoms with E-state index in [-0.39, 0.29) is 48.5 Å². The van der Waals surface area contributed by atoms with Gasteiger partial charge in [-0.2, -0.15) is 0 Å². The molecule has 0 spiro atoms. The molecule has 1 aliphatic rings. The first-order valence-corrected chi connectivity index (χ1v) is 11.1. The minimum absolute atomic E-state index is 0. The molecule has 0 atom stereocenters. The number of carbonyl (C=O) groups excluding carboxylic acids is 3. The molecule has 0 unspecified atom stereocenters. The van der Waals surface area contributed by atoms with Crippen LogP contribution in [0.4, 0.5) is 15.2 Å². The van der Waals surface area contributed by atoms with Crippen molar-refractivity contribution >= 4 is 62.5 Å². The van der Waals surface area contributed by atoms with Crippen molar-refractivity contribution in [2.45, 2.75) is 19.3 Å². The summed E-state index contributed by atoms with van der Waals surface area (Å²) in [6.07, 6.45) is 1.12. The van der Waals surface area contributed by atoms with E-state index >= 15 is 0 Å². The predicted octanol–water partition coefficient (Wildman–Crippen LogP) is 4.11. The Morgan fingerprint density at radius 1 is 1.06 bits per heavy atom. The maximum atomic E-state index is 14.2. The zero-order chi connectivity index (χ0) is 22.8. The summed E-state index contributed by atoms with van der Waals surface area (Å²) in [5.74, 6) is -1.17. The van der Waals surface area contributed by atoms with Crippen LogP contribution in [0.5, 0.6) is 0 Å². The van der Waals surface area contributed by atoms with Crippen LogP contribution < -0.4 is 9.80 Å². The smallest absolute Gasteiger partial charge is 0.260 e. The number of fused-ring (bicyclic) bond motifs is 1. The number of aromatic nitrogens is 1. The summed E-state index contributed by atoms with van der Waals surface area (Å²) < 4.78 is 14.8. The Hall–Kier alpha value is -2.88. The average Bonchev–Trinajstić information content (AvgIpc) is 3.34. The summed E-state index contributed by atoms with van der Waals surface area (Å²) in [5.41, 5.74) is 1.10. The van der Waals surface area contributed by atoms with E-state index < -0.39 is 5.82 Å². The summed E-state index contributed by atoms with van der Waals surface area (Å²) in [5, 5.41) is 0.433. The van der Waals surface area contributed by atoms with Gasteiger partial charge < -0.3 is 4.90 Å². The van der Waals surface area contributed by atoms with E-state index in [1.807, 2.05) is 19.0 Å². The first-order valence-electron chi connectivity index (χ1n) is 10.3. The monoisotopic (exact) mass is 490 g/mol. The lowest BCUT2D eigenvalue weighted by Gasteiger charge is -2.21. The van der Waals surface area contributed by atoms with E-state index in [4.69, 9.17) is 0 Å². The van der Waals surface area contributed by atoms with Crippen molar-refractivity contribution < 1.29 is 18.8 Å². The second-order valence-electron chi connectivity index (χ2n) is 7.87. The summed E-state index contributed by atoms with van der Waals surface area (Å²) in [6, 6.07) is 11.2. The molecule has 2 aromatic carbocycles. The fourth-order valence-corrected chi connectivity index (χ4v) is 4.63. The second-order valence-corrected chi connectivity index (χ2v) is 8.88. The van der Waals surface area contributed by atoms with E-state index in [1.54, 1.807) is 41.3 Å². The van der Waals surface area contributed by atoms with Crippen molar-refractivity contribution in [3.05, 3.63) is 53.8 Å². The molecule has 0 N–H and O–H groups in total. The lowest BCUT2D eigenvalue weighted by molar-refractivity contribution is -0.121. The number of halogens is 2. The molecule has 2 heterocycles. The van der Waals surface area contributed by atoms with Crippen molar-refractivity contribution in [2.24, 2.45) is 0 Å². The van der Waals surface area contributed by atoms with E-state index in [0.29, 0.717) is 34.0 Å². The van der Waals surface area contributed by atoms with Gasteiger partial charge in [0.1, 0.15) is 11.3 Å². The molecule has 1 aliphatic heterocycles. The SMILES string of the molecule is CN(C)CCCN(C(=O)c1ccc(N2C(=O)CCC2=O)cc1)c1nc2c(F)cccc2s1.Cl. The molecule has 174 valence electrons. The Morgan fingerprint density at radius 2 is 1.73 bits per heavy atom. The van der Waals surface area contributed by atoms with Crippen molar-refractivity contribution in [1.29, 1.82) is 0 Å². The largest absolute Gasteiger partial charge is 0.309 e. The molecule has 1 fully saturated rings. The fourth-order valence-electron chi connectivity index (χ4n) is 3.62. The molecule has 33 heavy (non-hydrogen) atoms. The lowest BCUT2D eigenvalue weighted by Crippen LogP contribution is -2.33. The number of anilines is 2. The molecule has 10 heteroatoms. The van der Waals surface area contributed by atoms with Crippen LogP contribution in [-0.2, 0) is 9.59 Å². The normalized spacial score (nSPS) is 13.6. The van der Waals surface area contributed by atoms with Crippen molar-refractivity contribution in [1.82, 2.24) is 9.88 Å². The molecule has 0 saturated carbocycles. The van der Waals surface area contributed by atoms with E-state index in [9.17, 15) is 18.8 Å². The van der Waals surface area contributed by atoms with Crippen LogP contribution in [0.2, 0.25) is 0 Å². The van der Waals surface area contributed by atoms with Crippen LogP contribution in [0.15, 0.2) is 42.5 Å². The molecule has 0 radical (unpaired) electrons. The molecule has 4 rings (SSSR count). The number of rotatable bonds is 7. The van der Waals surface area contributed by atoms with Crippen LogP contribution in [-0.4, -0.2) is 54.8 Å². The van der Waals surface area contributed by atoms with Gasteiger partial charge >= 0.3 is 0 Å². The number of amides is 3. The van der Waals surface area contributed by atoms with Crippen LogP contribution in [0.3, 0.4) is 0 Å². The van der Waals surface area contributed by atoms with Crippen LogP contribution >= 0.6 is 23.7 Å². The fraction of sp³-hybridized carbons (Fsp3) is 0.304. The third-order valence-electron chi connectivity index (χ3n) is 5.25. The van der Waals surface area contributed by atoms with Gasteiger partial charge in [0.2, 0.25) is 11.8 Å². The third-order valence-corrected chi connectivity index (χ3v) is 6.29. The third kappa shape index (κ3) is 5.21. The quantitative estimate of drug-likeness (QED) is 0.466. The Kier molecular flexibility index (Phi) is 7.78. The van der Waals surface area contributed by atoms with Crippen LogP contribution in [0.1, 0.15) is 29.6 Å². The first-order chi connectivity index (χ1) is 15.3. The highest BCUT2D eigenvalue weighted by molar-refractivity contribution is 7.22. The number of thiazole rings is 1. The second kappa shape index (κ2) is 10.4. The van der Waals surface area contributed by atoms with E-state index in [2.05, 4.69) is 4.98 Å². The number of para-hydroxylation sites is 1. The number of nitrogens with zero attached hydrogens (tertiary/aromatic N) is 4. The van der Waals surface area contributed by atoms with Gasteiger partial charge in [-0.25, -0.2) is 9.37 Å². The van der Waals surface area contributed by atoms with Gasteiger partial charge in [-0.05, 0) is 63.5 Å². The first kappa shape index (κ1) is 24.8. The molecule has 3 amide bonds. The minimum Gasteiger partial charge on any atom is -0.309 e. The number of benzene rings is 2. The molecular weight excluding hydrogens is 467 g/mol. The van der Waals surface area contributed by atoms with Gasteiger partial charge in [-0.15, -0.1) is 12.4 Å². The van der Waals surface area contributed by atoms with Crippen molar-refractivity contribution in [3.8, 4) is 0 Å². The highest BCUT2D eigenvalue weighted by Gasteiger charge is 2.30. The summed E-state index contributed by atoms with van der Waals surface area (Å²) >= 11 is 1.27. The topological polar surface area (TPSA) is 73.8 Å². The average molecular weight is 491 g/mol. The summed E-state index contributed by atoms with van der Waals surface area (Å²) in [4.78, 5) is 46.5. The predicted molar refractivity (Wildman–Crippen MR) is 130 cm³/mol. The Balaban J connectivity index is 0.00000306. The minimum atomic E-state index is -0.421. The van der Waals surface area contributed by atoms with Gasteiger partial charge in [0, 0.05) is 24.9 Å². The molecule has 0 bridgehead atoms. The Bertz CT molecular complexity index is 1170. The van der Waals surface area contributed by atoms with Gasteiger partial charge in [0.15, 0.2) is 5.13 Å². The Labute approximate surface area is 201 Å². The van der Waals surface area contributed by atoms with Gasteiger partial charge in [0.05, 0.1) is 10.4 Å². The number of carbonyl (C=O) groups is 3. The number of imide groups is 1.